The molecule has 1 rings (SSSR count). The van der Waals surface area contributed by atoms with Gasteiger partial charge in [0, 0.05) is 0 Å². The highest BCUT2D eigenvalue weighted by molar-refractivity contribution is 6.68. The molecule has 0 aromatic carbocycles. The quantitative estimate of drug-likeness (QED) is 0.596. The number of carboxylic acid groups (broad SMARTS) is 1. The van der Waals surface area contributed by atoms with E-state index in [0.717, 1.165) is 0 Å². The van der Waals surface area contributed by atoms with Gasteiger partial charge in [-0.15, -0.1) is 0 Å². The van der Waals surface area contributed by atoms with Crippen LogP contribution in [0.15, 0.2) is 0 Å². The van der Waals surface area contributed by atoms with Crippen molar-refractivity contribution in [1.82, 2.24) is 0 Å². The average molecular weight is 263 g/mol. The molecule has 80 valence electrons. The Balaban J connectivity index is 2.60. The summed E-state index contributed by atoms with van der Waals surface area (Å²) in [7, 11) is 0. The van der Waals surface area contributed by atoms with Crippen LogP contribution in [0.5, 0.6) is 0 Å². The molecule has 0 amide bonds. The van der Waals surface area contributed by atoms with Crippen LogP contribution in [0.3, 0.4) is 0 Å². The molecule has 1 aliphatic heterocycles. The maximum atomic E-state index is 11.0. The van der Waals surface area contributed by atoms with Crippen LogP contribution < -0.4 is 0 Å². The Labute approximate surface area is 93.8 Å². The zero-order valence-electron chi connectivity index (χ0n) is 6.58. The molecule has 1 saturated heterocycles. The summed E-state index contributed by atoms with van der Waals surface area (Å²) in [5.41, 5.74) is 0. The second-order valence-corrected chi connectivity index (χ2v) is 4.90. The van der Waals surface area contributed by atoms with Gasteiger partial charge in [-0.3, -0.25) is 4.79 Å². The zero-order valence-corrected chi connectivity index (χ0v) is 8.84. The fourth-order valence-corrected chi connectivity index (χ4v) is 1.14. The Bertz CT molecular complexity index is 261. The molecule has 8 heteroatoms. The number of halogens is 3. The van der Waals surface area contributed by atoms with Crippen molar-refractivity contribution in [1.29, 1.82) is 0 Å². The van der Waals surface area contributed by atoms with Gasteiger partial charge >= 0.3 is 11.9 Å². The summed E-state index contributed by atoms with van der Waals surface area (Å²) in [6.07, 6.45) is -3.09. The number of esters is 1. The van der Waals surface area contributed by atoms with Crippen LogP contribution in [0.2, 0.25) is 0 Å². The minimum absolute atomic E-state index is 0.518. The number of carbonyl (C=O) groups is 2. The molecule has 0 spiro atoms. The number of cyclic esters (lactones) is 1. The minimum Gasteiger partial charge on any atom is -0.481 e. The van der Waals surface area contributed by atoms with Gasteiger partial charge in [0.2, 0.25) is 0 Å². The number of carbonyl (C=O) groups excluding carboxylic acids is 1. The van der Waals surface area contributed by atoms with E-state index in [1.54, 1.807) is 0 Å². The van der Waals surface area contributed by atoms with Crippen LogP contribution in [-0.2, 0) is 19.1 Å². The number of carboxylic acids is 1. The summed E-state index contributed by atoms with van der Waals surface area (Å²) >= 11 is 16.2. The average Bonchev–Trinajstić information content (AvgIpc) is 2.30. The predicted molar refractivity (Wildman–Crippen MR) is 47.3 cm³/mol. The van der Waals surface area contributed by atoms with E-state index in [1.165, 1.54) is 0 Å². The molecule has 0 aromatic rings. The molecule has 1 heterocycles. The number of alkyl halides is 3. The van der Waals surface area contributed by atoms with Crippen molar-refractivity contribution in [3.05, 3.63) is 0 Å². The Hall–Kier alpha value is -0.230. The number of hydrogen-bond acceptors (Lipinski definition) is 4. The van der Waals surface area contributed by atoms with Crippen LogP contribution in [0, 0.1) is 0 Å². The van der Waals surface area contributed by atoms with Crippen molar-refractivity contribution >= 4 is 46.7 Å². The van der Waals surface area contributed by atoms with Gasteiger partial charge in [0.05, 0.1) is 6.42 Å². The Morgan fingerprint density at radius 3 is 2.43 bits per heavy atom. The van der Waals surface area contributed by atoms with E-state index < -0.39 is 34.5 Å². The molecule has 1 unspecified atom stereocenters. The Morgan fingerprint density at radius 2 is 2.07 bits per heavy atom. The largest absolute Gasteiger partial charge is 0.481 e. The van der Waals surface area contributed by atoms with Crippen LogP contribution in [0.25, 0.3) is 0 Å². The smallest absolute Gasteiger partial charge is 0.338 e. The molecule has 0 aromatic heterocycles. The number of rotatable bonds is 2. The summed E-state index contributed by atoms with van der Waals surface area (Å²) in [6, 6.07) is 0. The first kappa shape index (κ1) is 11.8. The molecule has 2 atom stereocenters. The molecule has 0 bridgehead atoms. The van der Waals surface area contributed by atoms with Gasteiger partial charge < -0.3 is 14.6 Å². The standard InChI is InChI=1S/C6H5Cl3O5/c7-6(8,9)5-13-2(1-3(10)11)4(12)14-5/h2,5H,1H2,(H,10,11)/t2?,5-/m0/s1. The second-order valence-electron chi connectivity index (χ2n) is 2.53. The predicted octanol–water partition coefficient (Wildman–Crippen LogP) is 1.10. The molecule has 0 saturated carbocycles. The van der Waals surface area contributed by atoms with E-state index >= 15 is 0 Å². The van der Waals surface area contributed by atoms with Crippen LogP contribution in [-0.4, -0.2) is 33.2 Å². The van der Waals surface area contributed by atoms with Crippen LogP contribution in [0.4, 0.5) is 0 Å². The molecule has 1 fully saturated rings. The van der Waals surface area contributed by atoms with E-state index in [1.807, 2.05) is 0 Å². The molecule has 5 nitrogen and oxygen atoms in total. The monoisotopic (exact) mass is 262 g/mol. The third-order valence-corrected chi connectivity index (χ3v) is 1.94. The van der Waals surface area contributed by atoms with Gasteiger partial charge in [-0.25, -0.2) is 4.79 Å². The summed E-state index contributed by atoms with van der Waals surface area (Å²) < 4.78 is 7.41. The van der Waals surface area contributed by atoms with Crippen molar-refractivity contribution in [3.8, 4) is 0 Å². The van der Waals surface area contributed by atoms with Gasteiger partial charge in [-0.2, -0.15) is 0 Å². The molecule has 0 radical (unpaired) electrons. The van der Waals surface area contributed by atoms with E-state index in [-0.39, 0.29) is 0 Å². The van der Waals surface area contributed by atoms with E-state index in [9.17, 15) is 9.59 Å². The van der Waals surface area contributed by atoms with Crippen molar-refractivity contribution in [2.24, 2.45) is 0 Å². The number of aliphatic carboxylic acids is 1. The highest BCUT2D eigenvalue weighted by Crippen LogP contribution is 2.37. The molecule has 0 aliphatic carbocycles. The zero-order chi connectivity index (χ0) is 10.9. The molecular weight excluding hydrogens is 258 g/mol. The van der Waals surface area contributed by atoms with E-state index in [0.29, 0.717) is 0 Å². The first-order valence-corrected chi connectivity index (χ1v) is 4.58. The first-order valence-electron chi connectivity index (χ1n) is 3.45. The number of ether oxygens (including phenoxy) is 2. The lowest BCUT2D eigenvalue weighted by atomic mass is 10.3. The maximum Gasteiger partial charge on any atom is 0.338 e. The summed E-state index contributed by atoms with van der Waals surface area (Å²) in [6.45, 7) is 0. The summed E-state index contributed by atoms with van der Waals surface area (Å²) in [5.74, 6) is -2.04. The number of hydrogen-bond donors (Lipinski definition) is 1. The summed E-state index contributed by atoms with van der Waals surface area (Å²) in [5, 5.41) is 8.39. The van der Waals surface area contributed by atoms with Crippen molar-refractivity contribution in [3.63, 3.8) is 0 Å². The van der Waals surface area contributed by atoms with Gasteiger partial charge in [-0.05, 0) is 0 Å². The normalized spacial score (nSPS) is 27.5. The lowest BCUT2D eigenvalue weighted by Crippen LogP contribution is -2.27. The molecular formula is C6H5Cl3O5. The Kier molecular flexibility index (Phi) is 3.47. The Morgan fingerprint density at radius 1 is 1.50 bits per heavy atom. The third-order valence-electron chi connectivity index (χ3n) is 1.40. The topological polar surface area (TPSA) is 72.8 Å². The SMILES string of the molecule is O=C(O)CC1O[C@H](C(Cl)(Cl)Cl)OC1=O. The van der Waals surface area contributed by atoms with E-state index in [2.05, 4.69) is 4.74 Å². The second kappa shape index (κ2) is 4.10. The fraction of sp³-hybridized carbons (Fsp3) is 0.667. The van der Waals surface area contributed by atoms with E-state index in [4.69, 9.17) is 44.6 Å². The van der Waals surface area contributed by atoms with Crippen molar-refractivity contribution in [2.45, 2.75) is 22.6 Å². The van der Waals surface area contributed by atoms with Crippen LogP contribution >= 0.6 is 34.8 Å². The van der Waals surface area contributed by atoms with Gasteiger partial charge in [0.15, 0.2) is 6.10 Å². The van der Waals surface area contributed by atoms with Crippen molar-refractivity contribution in [2.75, 3.05) is 0 Å². The van der Waals surface area contributed by atoms with Crippen LogP contribution in [0.1, 0.15) is 6.42 Å². The highest BCUT2D eigenvalue weighted by atomic mass is 35.6. The minimum atomic E-state index is -1.91. The lowest BCUT2D eigenvalue weighted by Gasteiger charge is -2.16. The maximum absolute atomic E-state index is 11.0. The lowest BCUT2D eigenvalue weighted by molar-refractivity contribution is -0.146. The molecule has 14 heavy (non-hydrogen) atoms. The first-order chi connectivity index (χ1) is 6.30. The van der Waals surface area contributed by atoms with Gasteiger partial charge in [0.25, 0.3) is 10.1 Å². The van der Waals surface area contributed by atoms with Gasteiger partial charge in [-0.1, -0.05) is 34.8 Å². The third kappa shape index (κ3) is 2.88. The molecule has 1 aliphatic rings. The highest BCUT2D eigenvalue weighted by Gasteiger charge is 2.47. The van der Waals surface area contributed by atoms with Crippen molar-refractivity contribution < 1.29 is 24.2 Å². The molecule has 1 N–H and O–H groups in total. The fourth-order valence-electron chi connectivity index (χ4n) is 0.848. The summed E-state index contributed by atoms with van der Waals surface area (Å²) in [4.78, 5) is 21.3. The van der Waals surface area contributed by atoms with Gasteiger partial charge in [0.1, 0.15) is 0 Å².